The Kier molecular flexibility index (Phi) is 5.72. The molecule has 1 fully saturated rings. The Morgan fingerprint density at radius 3 is 2.73 bits per heavy atom. The molecule has 33 heavy (non-hydrogen) atoms. The second-order valence-electron chi connectivity index (χ2n) is 8.43. The third-order valence-electron chi connectivity index (χ3n) is 6.29. The first-order valence-electron chi connectivity index (χ1n) is 11.1. The van der Waals surface area contributed by atoms with Crippen LogP contribution in [0, 0.1) is 12.7 Å². The molecule has 1 aliphatic rings. The minimum absolute atomic E-state index is 0.0779. The Bertz CT molecular complexity index is 1380. The average molecular weight is 449 g/mol. The maximum absolute atomic E-state index is 13.3. The summed E-state index contributed by atoms with van der Waals surface area (Å²) in [4.78, 5) is 24.9. The van der Waals surface area contributed by atoms with Crippen LogP contribution in [0.2, 0.25) is 0 Å². The molecule has 6 nitrogen and oxygen atoms in total. The molecule has 2 aromatic heterocycles. The molecule has 0 spiro atoms. The highest BCUT2D eigenvalue weighted by Gasteiger charge is 2.18. The fraction of sp³-hybridized carbons (Fsp3) is 0.308. The molecule has 0 unspecified atom stereocenters. The van der Waals surface area contributed by atoms with Crippen molar-refractivity contribution in [3.05, 3.63) is 70.0 Å². The van der Waals surface area contributed by atoms with Crippen molar-refractivity contribution in [3.8, 4) is 11.1 Å². The number of halogens is 1. The van der Waals surface area contributed by atoms with E-state index in [4.69, 9.17) is 13.6 Å². The van der Waals surface area contributed by atoms with Crippen molar-refractivity contribution in [2.75, 3.05) is 13.2 Å². The van der Waals surface area contributed by atoms with Crippen LogP contribution in [0.4, 0.5) is 4.39 Å². The molecule has 1 N–H and O–H groups in total. The van der Waals surface area contributed by atoms with Crippen molar-refractivity contribution in [1.29, 1.82) is 0 Å². The van der Waals surface area contributed by atoms with E-state index in [1.807, 2.05) is 13.0 Å². The van der Waals surface area contributed by atoms with E-state index < -0.39 is 5.63 Å². The van der Waals surface area contributed by atoms with Crippen LogP contribution in [0.5, 0.6) is 0 Å². The van der Waals surface area contributed by atoms with E-state index in [0.717, 1.165) is 46.9 Å². The first-order chi connectivity index (χ1) is 16.0. The van der Waals surface area contributed by atoms with Gasteiger partial charge in [-0.15, -0.1) is 0 Å². The number of carbonyl (C=O) groups excluding carboxylic acids is 1. The van der Waals surface area contributed by atoms with Gasteiger partial charge in [-0.2, -0.15) is 0 Å². The summed E-state index contributed by atoms with van der Waals surface area (Å²) in [6, 6.07) is 9.82. The number of nitrogens with one attached hydrogen (secondary N) is 1. The average Bonchev–Trinajstić information content (AvgIpc) is 3.47. The SMILES string of the molecule is Cc1c(CCC(=O)NC[C@H]2CCCO2)c(=O)oc2cc3occ(-c4ccc(F)cc4)c3cc12. The van der Waals surface area contributed by atoms with Crippen LogP contribution in [0.25, 0.3) is 33.1 Å². The van der Waals surface area contributed by atoms with Gasteiger partial charge in [0.05, 0.1) is 12.4 Å². The van der Waals surface area contributed by atoms with Gasteiger partial charge < -0.3 is 18.9 Å². The lowest BCUT2D eigenvalue weighted by atomic mass is 9.99. The Morgan fingerprint density at radius 2 is 1.97 bits per heavy atom. The molecule has 7 heteroatoms. The molecule has 3 heterocycles. The van der Waals surface area contributed by atoms with Gasteiger partial charge in [0.1, 0.15) is 17.0 Å². The van der Waals surface area contributed by atoms with Crippen LogP contribution < -0.4 is 10.9 Å². The largest absolute Gasteiger partial charge is 0.464 e. The molecule has 1 saturated heterocycles. The summed E-state index contributed by atoms with van der Waals surface area (Å²) < 4.78 is 30.1. The number of benzene rings is 2. The molecule has 1 amide bonds. The normalized spacial score (nSPS) is 16.0. The second kappa shape index (κ2) is 8.83. The van der Waals surface area contributed by atoms with Gasteiger partial charge >= 0.3 is 5.63 Å². The molecule has 0 bridgehead atoms. The van der Waals surface area contributed by atoms with Crippen molar-refractivity contribution < 1.29 is 22.8 Å². The van der Waals surface area contributed by atoms with Crippen molar-refractivity contribution >= 4 is 27.8 Å². The van der Waals surface area contributed by atoms with Crippen molar-refractivity contribution in [1.82, 2.24) is 5.32 Å². The molecule has 2 aromatic carbocycles. The first-order valence-corrected chi connectivity index (χ1v) is 11.1. The summed E-state index contributed by atoms with van der Waals surface area (Å²) in [6.07, 6.45) is 4.15. The summed E-state index contributed by atoms with van der Waals surface area (Å²) in [7, 11) is 0. The highest BCUT2D eigenvalue weighted by atomic mass is 19.1. The quantitative estimate of drug-likeness (QED) is 0.424. The molecular formula is C26H24FNO5. The van der Waals surface area contributed by atoms with Crippen LogP contribution in [0.1, 0.15) is 30.4 Å². The number of ether oxygens (including phenoxy) is 1. The summed E-state index contributed by atoms with van der Waals surface area (Å²) in [5, 5.41) is 4.50. The van der Waals surface area contributed by atoms with Gasteiger partial charge in [-0.05, 0) is 55.5 Å². The summed E-state index contributed by atoms with van der Waals surface area (Å²) in [5.41, 5.74) is 3.47. The Hall–Kier alpha value is -3.45. The van der Waals surface area contributed by atoms with Crippen molar-refractivity contribution in [3.63, 3.8) is 0 Å². The number of carbonyl (C=O) groups is 1. The van der Waals surface area contributed by atoms with Crippen LogP contribution in [0.15, 0.2) is 56.3 Å². The zero-order valence-electron chi connectivity index (χ0n) is 18.3. The lowest BCUT2D eigenvalue weighted by molar-refractivity contribution is -0.121. The third-order valence-corrected chi connectivity index (χ3v) is 6.29. The number of fused-ring (bicyclic) bond motifs is 2. The smallest absolute Gasteiger partial charge is 0.339 e. The van der Waals surface area contributed by atoms with Crippen molar-refractivity contribution in [2.45, 2.75) is 38.7 Å². The molecule has 0 saturated carbocycles. The number of hydrogen-bond acceptors (Lipinski definition) is 5. The predicted octanol–water partition coefficient (Wildman–Crippen LogP) is 4.88. The van der Waals surface area contributed by atoms with E-state index in [0.29, 0.717) is 23.3 Å². The standard InChI is InChI=1S/C26H24FNO5/c1-15-19(8-9-25(29)28-13-18-3-2-10-31-18)26(30)33-24-12-23-21(11-20(15)24)22(14-32-23)16-4-6-17(27)7-5-16/h4-7,11-12,14,18H,2-3,8-10,13H2,1H3,(H,28,29)/t18-/m1/s1. The first kappa shape index (κ1) is 21.4. The van der Waals surface area contributed by atoms with Crippen LogP contribution in [-0.2, 0) is 16.0 Å². The maximum Gasteiger partial charge on any atom is 0.339 e. The third kappa shape index (κ3) is 4.28. The Morgan fingerprint density at radius 1 is 1.15 bits per heavy atom. The maximum atomic E-state index is 13.3. The van der Waals surface area contributed by atoms with Crippen LogP contribution in [0.3, 0.4) is 0 Å². The summed E-state index contributed by atoms with van der Waals surface area (Å²) in [5.74, 6) is -0.424. The molecular weight excluding hydrogens is 425 g/mol. The molecule has 0 aliphatic carbocycles. The number of amides is 1. The van der Waals surface area contributed by atoms with Gasteiger partial charge in [0, 0.05) is 47.5 Å². The van der Waals surface area contributed by atoms with E-state index in [1.165, 1.54) is 12.1 Å². The van der Waals surface area contributed by atoms with Gasteiger partial charge in [0.25, 0.3) is 0 Å². The fourth-order valence-corrected chi connectivity index (χ4v) is 4.41. The lowest BCUT2D eigenvalue weighted by Gasteiger charge is -2.11. The zero-order valence-corrected chi connectivity index (χ0v) is 18.3. The summed E-state index contributed by atoms with van der Waals surface area (Å²) in [6.45, 7) is 3.10. The predicted molar refractivity (Wildman–Crippen MR) is 123 cm³/mol. The molecule has 4 aromatic rings. The van der Waals surface area contributed by atoms with Gasteiger partial charge in [0.2, 0.25) is 5.91 Å². The lowest BCUT2D eigenvalue weighted by Crippen LogP contribution is -2.32. The van der Waals surface area contributed by atoms with Gasteiger partial charge in [-0.3, -0.25) is 4.79 Å². The number of rotatable bonds is 6. The number of furan rings is 1. The van der Waals surface area contributed by atoms with Gasteiger partial charge in [-0.25, -0.2) is 9.18 Å². The zero-order chi connectivity index (χ0) is 22.9. The topological polar surface area (TPSA) is 81.7 Å². The fourth-order valence-electron chi connectivity index (χ4n) is 4.41. The van der Waals surface area contributed by atoms with Crippen LogP contribution >= 0.6 is 0 Å². The minimum atomic E-state index is -0.448. The Balaban J connectivity index is 1.43. The highest BCUT2D eigenvalue weighted by Crippen LogP contribution is 2.34. The van der Waals surface area contributed by atoms with E-state index in [9.17, 15) is 14.0 Å². The Labute approximate surface area is 189 Å². The minimum Gasteiger partial charge on any atom is -0.464 e. The van der Waals surface area contributed by atoms with E-state index in [-0.39, 0.29) is 30.7 Å². The number of hydrogen-bond donors (Lipinski definition) is 1. The van der Waals surface area contributed by atoms with Crippen LogP contribution in [-0.4, -0.2) is 25.2 Å². The van der Waals surface area contributed by atoms with Gasteiger partial charge in [0.15, 0.2) is 0 Å². The van der Waals surface area contributed by atoms with E-state index in [2.05, 4.69) is 5.32 Å². The number of aryl methyl sites for hydroxylation is 1. The molecule has 1 atom stereocenters. The van der Waals surface area contributed by atoms with Gasteiger partial charge in [-0.1, -0.05) is 12.1 Å². The monoisotopic (exact) mass is 449 g/mol. The molecule has 170 valence electrons. The molecule has 1 aliphatic heterocycles. The highest BCUT2D eigenvalue weighted by molar-refractivity contribution is 6.02. The molecule has 5 rings (SSSR count). The summed E-state index contributed by atoms with van der Waals surface area (Å²) >= 11 is 0. The van der Waals surface area contributed by atoms with E-state index in [1.54, 1.807) is 24.5 Å². The van der Waals surface area contributed by atoms with Crippen molar-refractivity contribution in [2.24, 2.45) is 0 Å². The van der Waals surface area contributed by atoms with E-state index >= 15 is 0 Å². The second-order valence-corrected chi connectivity index (χ2v) is 8.43. The molecule has 0 radical (unpaired) electrons.